The Morgan fingerprint density at radius 3 is 2.62 bits per heavy atom. The Morgan fingerprint density at radius 2 is 1.96 bits per heavy atom. The van der Waals surface area contributed by atoms with E-state index in [0.717, 1.165) is 4.90 Å². The smallest absolute Gasteiger partial charge is 0.329 e. The second-order valence-corrected chi connectivity index (χ2v) is 6.02. The minimum Gasteiger partial charge on any atom is -0.480 e. The topological polar surface area (TPSA) is 108 Å². The van der Waals surface area contributed by atoms with Gasteiger partial charge in [0.2, 0.25) is 0 Å². The summed E-state index contributed by atoms with van der Waals surface area (Å²) in [6.45, 7) is 2.86. The molecule has 3 rings (SSSR count). The number of aromatic amines is 1. The highest BCUT2D eigenvalue weighted by atomic mass is 16.4. The van der Waals surface area contributed by atoms with Crippen LogP contribution in [-0.2, 0) is 4.79 Å². The Morgan fingerprint density at radius 1 is 1.29 bits per heavy atom. The van der Waals surface area contributed by atoms with Gasteiger partial charge in [-0.3, -0.25) is 9.59 Å². The van der Waals surface area contributed by atoms with Crippen LogP contribution in [-0.4, -0.2) is 49.1 Å². The van der Waals surface area contributed by atoms with Crippen LogP contribution in [0.15, 0.2) is 35.3 Å². The lowest BCUT2D eigenvalue weighted by Gasteiger charge is -2.31. The van der Waals surface area contributed by atoms with Gasteiger partial charge in [0.1, 0.15) is 16.7 Å². The second kappa shape index (κ2) is 5.19. The van der Waals surface area contributed by atoms with Gasteiger partial charge in [-0.1, -0.05) is 12.1 Å². The third kappa shape index (κ3) is 2.15. The van der Waals surface area contributed by atoms with Gasteiger partial charge in [0.05, 0.1) is 17.1 Å². The molecule has 0 saturated carbocycles. The van der Waals surface area contributed by atoms with Crippen molar-refractivity contribution in [3.63, 3.8) is 0 Å². The lowest BCUT2D eigenvalue weighted by molar-refractivity contribution is -0.147. The van der Waals surface area contributed by atoms with E-state index >= 15 is 0 Å². The van der Waals surface area contributed by atoms with Crippen LogP contribution >= 0.6 is 0 Å². The number of aliphatic carboxylic acids is 1. The number of hydrogen-bond donors (Lipinski definition) is 2. The van der Waals surface area contributed by atoms with Gasteiger partial charge in [-0.05, 0) is 26.0 Å². The Labute approximate surface area is 136 Å². The van der Waals surface area contributed by atoms with Crippen LogP contribution in [0.2, 0.25) is 0 Å². The molecule has 0 radical (unpaired) electrons. The molecule has 2 N–H and O–H groups in total. The summed E-state index contributed by atoms with van der Waals surface area (Å²) in [4.78, 5) is 40.0. The van der Waals surface area contributed by atoms with Gasteiger partial charge in [-0.2, -0.15) is 5.10 Å². The molecule has 8 heteroatoms. The first kappa shape index (κ1) is 15.7. The van der Waals surface area contributed by atoms with Gasteiger partial charge in [-0.25, -0.2) is 9.31 Å². The first-order chi connectivity index (χ1) is 11.2. The quantitative estimate of drug-likeness (QED) is 0.749. The molecule has 8 nitrogen and oxygen atoms in total. The Bertz CT molecular complexity index is 1030. The highest BCUT2D eigenvalue weighted by Crippen LogP contribution is 2.20. The number of rotatable bonds is 3. The number of carboxylic acids is 1. The molecule has 0 spiro atoms. The van der Waals surface area contributed by atoms with E-state index in [1.807, 2.05) is 0 Å². The average molecular weight is 328 g/mol. The van der Waals surface area contributed by atoms with Gasteiger partial charge < -0.3 is 15.0 Å². The van der Waals surface area contributed by atoms with Crippen LogP contribution in [0.3, 0.4) is 0 Å². The van der Waals surface area contributed by atoms with E-state index in [-0.39, 0.29) is 16.8 Å². The van der Waals surface area contributed by atoms with E-state index < -0.39 is 17.4 Å². The van der Waals surface area contributed by atoms with E-state index in [9.17, 15) is 19.5 Å². The third-order valence-electron chi connectivity index (χ3n) is 4.27. The van der Waals surface area contributed by atoms with Gasteiger partial charge in [0.25, 0.3) is 11.5 Å². The summed E-state index contributed by atoms with van der Waals surface area (Å²) in [5, 5.41) is 13.9. The molecule has 1 amide bonds. The van der Waals surface area contributed by atoms with Gasteiger partial charge in [0, 0.05) is 7.05 Å². The first-order valence-electron chi connectivity index (χ1n) is 7.25. The zero-order valence-corrected chi connectivity index (χ0v) is 13.4. The van der Waals surface area contributed by atoms with Crippen molar-refractivity contribution in [3.8, 4) is 0 Å². The van der Waals surface area contributed by atoms with Crippen molar-refractivity contribution in [3.05, 3.63) is 46.4 Å². The normalized spacial score (nSPS) is 11.8. The average Bonchev–Trinajstić information content (AvgIpc) is 2.97. The maximum atomic E-state index is 12.7. The molecule has 0 aliphatic heterocycles. The van der Waals surface area contributed by atoms with Crippen molar-refractivity contribution in [2.45, 2.75) is 19.4 Å². The molecule has 0 aliphatic carbocycles. The molecule has 2 aromatic heterocycles. The summed E-state index contributed by atoms with van der Waals surface area (Å²) in [5.74, 6) is -1.67. The SMILES string of the molecule is CN(C(=O)c1cnn2c1[nH]c(=O)c1ccccc12)C(C)(C)C(=O)O. The monoisotopic (exact) mass is 328 g/mol. The maximum Gasteiger partial charge on any atom is 0.329 e. The van der Waals surface area contributed by atoms with Gasteiger partial charge >= 0.3 is 5.97 Å². The number of amides is 1. The summed E-state index contributed by atoms with van der Waals surface area (Å²) in [6.07, 6.45) is 1.33. The number of carbonyl (C=O) groups excluding carboxylic acids is 1. The number of carbonyl (C=O) groups is 2. The molecule has 0 fully saturated rings. The molecular weight excluding hydrogens is 312 g/mol. The van der Waals surface area contributed by atoms with Crippen molar-refractivity contribution in [1.82, 2.24) is 19.5 Å². The number of benzene rings is 1. The van der Waals surface area contributed by atoms with Crippen LogP contribution < -0.4 is 5.56 Å². The number of carboxylic acid groups (broad SMARTS) is 1. The molecule has 3 aromatic rings. The fourth-order valence-corrected chi connectivity index (χ4v) is 2.41. The molecule has 0 unspecified atom stereocenters. The Balaban J connectivity index is 2.20. The highest BCUT2D eigenvalue weighted by molar-refractivity contribution is 6.02. The van der Waals surface area contributed by atoms with E-state index in [1.54, 1.807) is 24.3 Å². The predicted octanol–water partition coefficient (Wildman–Crippen LogP) is 1.11. The van der Waals surface area contributed by atoms with Crippen molar-refractivity contribution in [1.29, 1.82) is 0 Å². The number of nitrogens with zero attached hydrogens (tertiary/aromatic N) is 3. The minimum atomic E-state index is -1.40. The summed E-state index contributed by atoms with van der Waals surface area (Å²) >= 11 is 0. The standard InChI is InChI=1S/C16H16N4O4/c1-16(2,15(23)24)19(3)14(22)10-8-17-20-11-7-5-4-6-9(11)13(21)18-12(10)20/h4-8H,1-3H3,(H,18,21)(H,23,24). The molecule has 0 saturated heterocycles. The summed E-state index contributed by atoms with van der Waals surface area (Å²) in [7, 11) is 1.40. The van der Waals surface area contributed by atoms with Crippen molar-refractivity contribution >= 4 is 28.4 Å². The Kier molecular flexibility index (Phi) is 3.40. The predicted molar refractivity (Wildman–Crippen MR) is 87.1 cm³/mol. The number of hydrogen-bond acceptors (Lipinski definition) is 4. The fourth-order valence-electron chi connectivity index (χ4n) is 2.41. The molecule has 0 bridgehead atoms. The molecule has 2 heterocycles. The van der Waals surface area contributed by atoms with E-state index in [2.05, 4.69) is 10.1 Å². The molecular formula is C16H16N4O4. The van der Waals surface area contributed by atoms with Crippen LogP contribution in [0.1, 0.15) is 24.2 Å². The minimum absolute atomic E-state index is 0.134. The summed E-state index contributed by atoms with van der Waals surface area (Å²) in [5.41, 5.74) is -0.808. The zero-order valence-electron chi connectivity index (χ0n) is 13.4. The molecule has 1 aromatic carbocycles. The highest BCUT2D eigenvalue weighted by Gasteiger charge is 2.36. The zero-order chi connectivity index (χ0) is 17.6. The van der Waals surface area contributed by atoms with Crippen molar-refractivity contribution in [2.24, 2.45) is 0 Å². The molecule has 0 atom stereocenters. The fraction of sp³-hybridized carbons (Fsp3) is 0.250. The third-order valence-corrected chi connectivity index (χ3v) is 4.27. The van der Waals surface area contributed by atoms with Crippen LogP contribution in [0.5, 0.6) is 0 Å². The van der Waals surface area contributed by atoms with Gasteiger partial charge in [-0.15, -0.1) is 0 Å². The van der Waals surface area contributed by atoms with E-state index in [4.69, 9.17) is 0 Å². The first-order valence-corrected chi connectivity index (χ1v) is 7.25. The molecule has 124 valence electrons. The number of para-hydroxylation sites is 1. The maximum absolute atomic E-state index is 12.7. The number of aromatic nitrogens is 3. The lowest BCUT2D eigenvalue weighted by atomic mass is 10.0. The lowest BCUT2D eigenvalue weighted by Crippen LogP contribution is -2.50. The van der Waals surface area contributed by atoms with Crippen molar-refractivity contribution < 1.29 is 14.7 Å². The summed E-state index contributed by atoms with van der Waals surface area (Å²) in [6, 6.07) is 6.90. The number of H-pyrrole nitrogens is 1. The van der Waals surface area contributed by atoms with E-state index in [0.29, 0.717) is 10.9 Å². The van der Waals surface area contributed by atoms with Crippen LogP contribution in [0.25, 0.3) is 16.6 Å². The number of nitrogens with one attached hydrogen (secondary N) is 1. The summed E-state index contributed by atoms with van der Waals surface area (Å²) < 4.78 is 1.46. The van der Waals surface area contributed by atoms with Gasteiger partial charge in [0.15, 0.2) is 0 Å². The Hall–Kier alpha value is -3.16. The number of fused-ring (bicyclic) bond motifs is 3. The van der Waals surface area contributed by atoms with Crippen LogP contribution in [0, 0.1) is 0 Å². The largest absolute Gasteiger partial charge is 0.480 e. The number of likely N-dealkylation sites (N-methyl/N-ethyl adjacent to an activating group) is 1. The molecule has 24 heavy (non-hydrogen) atoms. The molecule has 0 aliphatic rings. The van der Waals surface area contributed by atoms with Crippen molar-refractivity contribution in [2.75, 3.05) is 7.05 Å². The van der Waals surface area contributed by atoms with E-state index in [1.165, 1.54) is 31.6 Å². The van der Waals surface area contributed by atoms with Crippen LogP contribution in [0.4, 0.5) is 0 Å². The second-order valence-electron chi connectivity index (χ2n) is 6.02.